The second-order valence-electron chi connectivity index (χ2n) is 4.41. The van der Waals surface area contributed by atoms with Gasteiger partial charge in [0.1, 0.15) is 0 Å². The molecule has 2 aliphatic rings. The summed E-state index contributed by atoms with van der Waals surface area (Å²) >= 11 is 0. The van der Waals surface area contributed by atoms with E-state index in [4.69, 9.17) is 5.73 Å². The van der Waals surface area contributed by atoms with Crippen LogP contribution >= 0.6 is 0 Å². The monoisotopic (exact) mass is 183 g/mol. The fourth-order valence-corrected chi connectivity index (χ4v) is 1.89. The van der Waals surface area contributed by atoms with Gasteiger partial charge in [-0.2, -0.15) is 0 Å². The number of nitrogens with one attached hydrogen (secondary N) is 1. The summed E-state index contributed by atoms with van der Waals surface area (Å²) in [6.07, 6.45) is 5.16. The molecule has 1 heterocycles. The van der Waals surface area contributed by atoms with Crippen LogP contribution in [0.3, 0.4) is 0 Å². The molecule has 0 unspecified atom stereocenters. The first kappa shape index (κ1) is 9.44. The molecule has 2 rings (SSSR count). The van der Waals surface area contributed by atoms with Crippen LogP contribution in [0.2, 0.25) is 0 Å². The van der Waals surface area contributed by atoms with Crippen molar-refractivity contribution in [2.75, 3.05) is 26.2 Å². The molecule has 13 heavy (non-hydrogen) atoms. The normalized spacial score (nSPS) is 26.5. The highest BCUT2D eigenvalue weighted by Gasteiger charge is 2.21. The molecule has 1 saturated carbocycles. The first-order valence-electron chi connectivity index (χ1n) is 5.56. The summed E-state index contributed by atoms with van der Waals surface area (Å²) < 4.78 is 0. The summed E-state index contributed by atoms with van der Waals surface area (Å²) in [5.41, 5.74) is 5.84. The molecule has 2 fully saturated rings. The molecule has 1 aliphatic carbocycles. The van der Waals surface area contributed by atoms with Crippen LogP contribution < -0.4 is 11.1 Å². The zero-order valence-electron chi connectivity index (χ0n) is 8.34. The first-order chi connectivity index (χ1) is 6.34. The van der Waals surface area contributed by atoms with Gasteiger partial charge in [-0.25, -0.2) is 0 Å². The maximum Gasteiger partial charge on any atom is 0.0107 e. The summed E-state index contributed by atoms with van der Waals surface area (Å²) in [5.74, 6) is 0. The van der Waals surface area contributed by atoms with Crippen molar-refractivity contribution in [3.8, 4) is 0 Å². The third kappa shape index (κ3) is 3.25. The third-order valence-corrected chi connectivity index (χ3v) is 3.07. The van der Waals surface area contributed by atoms with Crippen molar-refractivity contribution >= 4 is 0 Å². The minimum Gasteiger partial charge on any atom is -0.328 e. The van der Waals surface area contributed by atoms with E-state index in [1.165, 1.54) is 51.9 Å². The van der Waals surface area contributed by atoms with Crippen LogP contribution in [0.15, 0.2) is 0 Å². The molecule has 0 aromatic carbocycles. The lowest BCUT2D eigenvalue weighted by molar-refractivity contribution is 0.213. The van der Waals surface area contributed by atoms with Gasteiger partial charge in [-0.3, -0.25) is 0 Å². The highest BCUT2D eigenvalue weighted by molar-refractivity contribution is 4.81. The summed E-state index contributed by atoms with van der Waals surface area (Å²) in [7, 11) is 0. The summed E-state index contributed by atoms with van der Waals surface area (Å²) in [6.45, 7) is 4.78. The number of hydrogen-bond acceptors (Lipinski definition) is 3. The molecule has 0 aromatic rings. The Bertz CT molecular complexity index is 148. The van der Waals surface area contributed by atoms with Crippen molar-refractivity contribution in [1.29, 1.82) is 0 Å². The van der Waals surface area contributed by atoms with E-state index >= 15 is 0 Å². The van der Waals surface area contributed by atoms with Crippen molar-refractivity contribution in [2.24, 2.45) is 5.73 Å². The second kappa shape index (κ2) is 4.40. The number of nitrogens with two attached hydrogens (primary N) is 1. The van der Waals surface area contributed by atoms with Crippen molar-refractivity contribution in [1.82, 2.24) is 10.2 Å². The predicted octanol–water partition coefficient (Wildman–Crippen LogP) is 0.162. The zero-order valence-corrected chi connectivity index (χ0v) is 8.34. The van der Waals surface area contributed by atoms with E-state index in [-0.39, 0.29) is 0 Å². The van der Waals surface area contributed by atoms with Gasteiger partial charge in [0.2, 0.25) is 0 Å². The highest BCUT2D eigenvalue weighted by atomic mass is 15.1. The highest BCUT2D eigenvalue weighted by Crippen LogP contribution is 2.18. The Morgan fingerprint density at radius 3 is 2.46 bits per heavy atom. The molecule has 0 bridgehead atoms. The van der Waals surface area contributed by atoms with Crippen molar-refractivity contribution in [3.05, 3.63) is 0 Å². The maximum absolute atomic E-state index is 5.84. The molecule has 0 spiro atoms. The SMILES string of the molecule is NC1CCN(CCNC2CC2)CC1. The van der Waals surface area contributed by atoms with E-state index in [0.29, 0.717) is 6.04 Å². The van der Waals surface area contributed by atoms with Gasteiger partial charge in [0, 0.05) is 25.2 Å². The van der Waals surface area contributed by atoms with Crippen LogP contribution in [0.25, 0.3) is 0 Å². The predicted molar refractivity (Wildman–Crippen MR) is 54.7 cm³/mol. The summed E-state index contributed by atoms with van der Waals surface area (Å²) in [5, 5.41) is 3.54. The minimum absolute atomic E-state index is 0.465. The van der Waals surface area contributed by atoms with Crippen LogP contribution in [-0.4, -0.2) is 43.2 Å². The molecule has 1 saturated heterocycles. The van der Waals surface area contributed by atoms with E-state index in [1.54, 1.807) is 0 Å². The van der Waals surface area contributed by atoms with Crippen molar-refractivity contribution < 1.29 is 0 Å². The van der Waals surface area contributed by atoms with E-state index < -0.39 is 0 Å². The van der Waals surface area contributed by atoms with Gasteiger partial charge >= 0.3 is 0 Å². The maximum atomic E-state index is 5.84. The largest absolute Gasteiger partial charge is 0.328 e. The Morgan fingerprint density at radius 1 is 1.15 bits per heavy atom. The molecule has 76 valence electrons. The molecule has 0 aromatic heterocycles. The average molecular weight is 183 g/mol. The van der Waals surface area contributed by atoms with E-state index in [9.17, 15) is 0 Å². The molecule has 3 heteroatoms. The fourth-order valence-electron chi connectivity index (χ4n) is 1.89. The Kier molecular flexibility index (Phi) is 3.19. The van der Waals surface area contributed by atoms with Crippen molar-refractivity contribution in [2.45, 2.75) is 37.8 Å². The minimum atomic E-state index is 0.465. The lowest BCUT2D eigenvalue weighted by atomic mass is 10.1. The number of rotatable bonds is 4. The Labute approximate surface area is 80.7 Å². The smallest absolute Gasteiger partial charge is 0.0107 e. The number of piperidine rings is 1. The molecular weight excluding hydrogens is 162 g/mol. The van der Waals surface area contributed by atoms with Gasteiger partial charge < -0.3 is 16.0 Å². The van der Waals surface area contributed by atoms with Gasteiger partial charge in [0.05, 0.1) is 0 Å². The Hall–Kier alpha value is -0.120. The van der Waals surface area contributed by atoms with E-state index in [2.05, 4.69) is 10.2 Å². The second-order valence-corrected chi connectivity index (χ2v) is 4.41. The Balaban J connectivity index is 1.53. The van der Waals surface area contributed by atoms with Gasteiger partial charge in [-0.05, 0) is 38.8 Å². The number of nitrogens with zero attached hydrogens (tertiary/aromatic N) is 1. The quantitative estimate of drug-likeness (QED) is 0.652. The van der Waals surface area contributed by atoms with Crippen LogP contribution in [0, 0.1) is 0 Å². The standard InChI is InChI=1S/C10H21N3/c11-9-3-6-13(7-4-9)8-5-12-10-1-2-10/h9-10,12H,1-8,11H2. The third-order valence-electron chi connectivity index (χ3n) is 3.07. The van der Waals surface area contributed by atoms with Gasteiger partial charge in [0.25, 0.3) is 0 Å². The lowest BCUT2D eigenvalue weighted by Crippen LogP contribution is -2.42. The number of likely N-dealkylation sites (tertiary alicyclic amines) is 1. The van der Waals surface area contributed by atoms with Gasteiger partial charge in [0.15, 0.2) is 0 Å². The topological polar surface area (TPSA) is 41.3 Å². The average Bonchev–Trinajstić information content (AvgIpc) is 2.92. The molecule has 0 radical (unpaired) electrons. The van der Waals surface area contributed by atoms with Gasteiger partial charge in [-0.1, -0.05) is 0 Å². The van der Waals surface area contributed by atoms with E-state index in [0.717, 1.165) is 6.04 Å². The molecule has 0 atom stereocenters. The molecule has 0 amide bonds. The van der Waals surface area contributed by atoms with Crippen LogP contribution in [0.5, 0.6) is 0 Å². The summed E-state index contributed by atoms with van der Waals surface area (Å²) in [4.78, 5) is 2.53. The lowest BCUT2D eigenvalue weighted by Gasteiger charge is -2.29. The fraction of sp³-hybridized carbons (Fsp3) is 1.00. The van der Waals surface area contributed by atoms with Crippen LogP contribution in [0.1, 0.15) is 25.7 Å². The van der Waals surface area contributed by atoms with E-state index in [1.807, 2.05) is 0 Å². The van der Waals surface area contributed by atoms with Crippen LogP contribution in [-0.2, 0) is 0 Å². The zero-order chi connectivity index (χ0) is 9.10. The molecular formula is C10H21N3. The van der Waals surface area contributed by atoms with Crippen molar-refractivity contribution in [3.63, 3.8) is 0 Å². The summed E-state index contributed by atoms with van der Waals surface area (Å²) in [6, 6.07) is 1.32. The Morgan fingerprint density at radius 2 is 1.85 bits per heavy atom. The molecule has 1 aliphatic heterocycles. The molecule has 3 N–H and O–H groups in total. The first-order valence-corrected chi connectivity index (χ1v) is 5.56. The molecule has 3 nitrogen and oxygen atoms in total. The number of hydrogen-bond donors (Lipinski definition) is 2. The van der Waals surface area contributed by atoms with Crippen LogP contribution in [0.4, 0.5) is 0 Å². The van der Waals surface area contributed by atoms with Gasteiger partial charge in [-0.15, -0.1) is 0 Å².